The van der Waals surface area contributed by atoms with Gasteiger partial charge in [0.1, 0.15) is 0 Å². The smallest absolute Gasteiger partial charge is 0.0991 e. The summed E-state index contributed by atoms with van der Waals surface area (Å²) in [7, 11) is 4.21. The third-order valence-corrected chi connectivity index (χ3v) is 6.04. The Labute approximate surface area is 163 Å². The second-order valence-electron chi connectivity index (χ2n) is 7.77. The summed E-state index contributed by atoms with van der Waals surface area (Å²) < 4.78 is 1.91. The molecule has 0 radical (unpaired) electrons. The number of aromatic nitrogens is 2. The van der Waals surface area contributed by atoms with Gasteiger partial charge in [-0.15, -0.1) is 0 Å². The zero-order valence-electron chi connectivity index (χ0n) is 17.0. The largest absolute Gasteiger partial charge is 0.299 e. The van der Waals surface area contributed by atoms with Crippen LogP contribution in [0.25, 0.3) is 0 Å². The summed E-state index contributed by atoms with van der Waals surface area (Å²) in [5.74, 6) is 0.591. The molecule has 1 saturated heterocycles. The van der Waals surface area contributed by atoms with E-state index in [2.05, 4.69) is 60.2 Å². The van der Waals surface area contributed by atoms with Crippen molar-refractivity contribution in [3.63, 3.8) is 0 Å². The molecule has 0 spiro atoms. The van der Waals surface area contributed by atoms with Crippen molar-refractivity contribution in [2.45, 2.75) is 38.8 Å². The fraction of sp³-hybridized carbons (Fsp3) is 0.545. The van der Waals surface area contributed by atoms with Crippen molar-refractivity contribution in [2.75, 3.05) is 26.7 Å². The molecule has 27 heavy (non-hydrogen) atoms. The number of rotatable bonds is 6. The summed E-state index contributed by atoms with van der Waals surface area (Å²) in [6, 6.07) is 10.9. The summed E-state index contributed by atoms with van der Waals surface area (Å²) in [6.07, 6.45) is 6.72. The van der Waals surface area contributed by atoms with Crippen LogP contribution in [0.1, 0.15) is 55.5 Å². The fourth-order valence-electron chi connectivity index (χ4n) is 4.39. The van der Waals surface area contributed by atoms with E-state index in [1.807, 2.05) is 30.1 Å². The van der Waals surface area contributed by atoms with Gasteiger partial charge in [-0.1, -0.05) is 19.1 Å². The Morgan fingerprint density at radius 1 is 1.33 bits per heavy atom. The van der Waals surface area contributed by atoms with Gasteiger partial charge in [-0.05, 0) is 63.5 Å². The van der Waals surface area contributed by atoms with E-state index < -0.39 is 0 Å². The Kier molecular flexibility index (Phi) is 6.30. The second-order valence-corrected chi connectivity index (χ2v) is 7.77. The van der Waals surface area contributed by atoms with Gasteiger partial charge in [-0.3, -0.25) is 14.5 Å². The van der Waals surface area contributed by atoms with Gasteiger partial charge in [0.05, 0.1) is 17.8 Å². The van der Waals surface area contributed by atoms with Gasteiger partial charge in [0.2, 0.25) is 0 Å². The average molecular weight is 366 g/mol. The predicted molar refractivity (Wildman–Crippen MR) is 108 cm³/mol. The van der Waals surface area contributed by atoms with Crippen molar-refractivity contribution < 1.29 is 0 Å². The van der Waals surface area contributed by atoms with Gasteiger partial charge < -0.3 is 0 Å². The zero-order valence-corrected chi connectivity index (χ0v) is 17.0. The molecule has 3 atom stereocenters. The molecule has 2 heterocycles. The molecule has 1 aromatic heterocycles. The second kappa shape index (κ2) is 8.69. The number of hydrogen-bond donors (Lipinski definition) is 0. The van der Waals surface area contributed by atoms with Crippen molar-refractivity contribution in [3.05, 3.63) is 53.3 Å². The molecule has 0 saturated carbocycles. The molecule has 5 heteroatoms. The summed E-state index contributed by atoms with van der Waals surface area (Å²) in [5.41, 5.74) is 3.32. The fourth-order valence-corrected chi connectivity index (χ4v) is 4.39. The Balaban J connectivity index is 1.75. The first-order valence-corrected chi connectivity index (χ1v) is 9.96. The average Bonchev–Trinajstić information content (AvgIpc) is 3.13. The van der Waals surface area contributed by atoms with Crippen LogP contribution in [0, 0.1) is 17.2 Å². The van der Waals surface area contributed by atoms with Crippen molar-refractivity contribution in [3.8, 4) is 6.07 Å². The number of piperidine rings is 1. The van der Waals surface area contributed by atoms with Crippen LogP contribution in [-0.4, -0.2) is 46.3 Å². The lowest BCUT2D eigenvalue weighted by Gasteiger charge is -2.43. The molecule has 5 nitrogen and oxygen atoms in total. The van der Waals surface area contributed by atoms with Crippen molar-refractivity contribution in [1.29, 1.82) is 5.26 Å². The first-order chi connectivity index (χ1) is 13.0. The number of aryl methyl sites for hydroxylation is 1. The van der Waals surface area contributed by atoms with E-state index in [0.29, 0.717) is 18.0 Å². The van der Waals surface area contributed by atoms with Crippen LogP contribution >= 0.6 is 0 Å². The van der Waals surface area contributed by atoms with Gasteiger partial charge in [0.15, 0.2) is 0 Å². The molecule has 2 aromatic rings. The van der Waals surface area contributed by atoms with Crippen LogP contribution in [0.4, 0.5) is 0 Å². The molecule has 1 aliphatic rings. The van der Waals surface area contributed by atoms with Crippen LogP contribution < -0.4 is 0 Å². The third kappa shape index (κ3) is 4.40. The van der Waals surface area contributed by atoms with Crippen molar-refractivity contribution in [2.24, 2.45) is 13.0 Å². The third-order valence-electron chi connectivity index (χ3n) is 6.04. The number of benzene rings is 1. The molecule has 0 N–H and O–H groups in total. The van der Waals surface area contributed by atoms with Gasteiger partial charge in [-0.2, -0.15) is 10.4 Å². The maximum Gasteiger partial charge on any atom is 0.0991 e. The SMILES string of the molecule is CCN1CCC[C@@H](CN(C)[C@H](C)c2ccc(C#N)cc2)[C@@H]1c1cnn(C)c1. The van der Waals surface area contributed by atoms with Crippen LogP contribution in [0.3, 0.4) is 0 Å². The summed E-state index contributed by atoms with van der Waals surface area (Å²) in [5, 5.41) is 13.4. The monoisotopic (exact) mass is 365 g/mol. The van der Waals surface area contributed by atoms with E-state index in [4.69, 9.17) is 5.26 Å². The van der Waals surface area contributed by atoms with E-state index in [1.54, 1.807) is 0 Å². The molecule has 3 rings (SSSR count). The maximum absolute atomic E-state index is 9.01. The maximum atomic E-state index is 9.01. The predicted octanol–water partition coefficient (Wildman–Crippen LogP) is 3.76. The summed E-state index contributed by atoms with van der Waals surface area (Å²) in [6.45, 7) is 7.80. The number of nitriles is 1. The Hall–Kier alpha value is -2.16. The quantitative estimate of drug-likeness (QED) is 0.782. The van der Waals surface area contributed by atoms with E-state index in [0.717, 1.165) is 18.7 Å². The molecule has 144 valence electrons. The minimum atomic E-state index is 0.323. The Morgan fingerprint density at radius 3 is 2.67 bits per heavy atom. The highest BCUT2D eigenvalue weighted by Crippen LogP contribution is 2.37. The highest BCUT2D eigenvalue weighted by molar-refractivity contribution is 5.32. The molecule has 0 unspecified atom stereocenters. The normalized spacial score (nSPS) is 21.9. The Morgan fingerprint density at radius 2 is 2.07 bits per heavy atom. The summed E-state index contributed by atoms with van der Waals surface area (Å²) >= 11 is 0. The number of hydrogen-bond acceptors (Lipinski definition) is 4. The summed E-state index contributed by atoms with van der Waals surface area (Å²) in [4.78, 5) is 5.06. The van der Waals surface area contributed by atoms with Gasteiger partial charge in [0.25, 0.3) is 0 Å². The lowest BCUT2D eigenvalue weighted by molar-refractivity contribution is 0.0680. The molecule has 0 bridgehead atoms. The molecule has 0 amide bonds. The topological polar surface area (TPSA) is 48.1 Å². The highest BCUT2D eigenvalue weighted by Gasteiger charge is 2.33. The van der Waals surface area contributed by atoms with Gasteiger partial charge in [-0.25, -0.2) is 0 Å². The van der Waals surface area contributed by atoms with E-state index in [9.17, 15) is 0 Å². The van der Waals surface area contributed by atoms with E-state index in [1.165, 1.54) is 30.5 Å². The van der Waals surface area contributed by atoms with Crippen molar-refractivity contribution >= 4 is 0 Å². The van der Waals surface area contributed by atoms with Gasteiger partial charge in [0, 0.05) is 37.4 Å². The molecule has 0 aliphatic carbocycles. The molecular formula is C22H31N5. The van der Waals surface area contributed by atoms with Crippen LogP contribution in [0.2, 0.25) is 0 Å². The first-order valence-electron chi connectivity index (χ1n) is 9.96. The molecule has 1 fully saturated rings. The van der Waals surface area contributed by atoms with E-state index in [-0.39, 0.29) is 0 Å². The molecule has 1 aliphatic heterocycles. The molecular weight excluding hydrogens is 334 g/mol. The number of likely N-dealkylation sites (tertiary alicyclic amines) is 1. The lowest BCUT2D eigenvalue weighted by atomic mass is 9.85. The Bertz CT molecular complexity index is 773. The zero-order chi connectivity index (χ0) is 19.4. The number of nitrogens with zero attached hydrogens (tertiary/aromatic N) is 5. The first kappa shape index (κ1) is 19.6. The van der Waals surface area contributed by atoms with Gasteiger partial charge >= 0.3 is 0 Å². The molecule has 1 aromatic carbocycles. The van der Waals surface area contributed by atoms with E-state index >= 15 is 0 Å². The lowest BCUT2D eigenvalue weighted by Crippen LogP contribution is -2.43. The van der Waals surface area contributed by atoms with Crippen LogP contribution in [0.5, 0.6) is 0 Å². The minimum absolute atomic E-state index is 0.323. The van der Waals surface area contributed by atoms with Crippen molar-refractivity contribution in [1.82, 2.24) is 19.6 Å². The van der Waals surface area contributed by atoms with Crippen LogP contribution in [-0.2, 0) is 7.05 Å². The van der Waals surface area contributed by atoms with Crippen LogP contribution in [0.15, 0.2) is 36.7 Å². The standard InChI is InChI=1S/C22H31N5/c1-5-27-12-6-7-20(22(27)21-14-24-26(4)16-21)15-25(3)17(2)19-10-8-18(13-23)9-11-19/h8-11,14,16-17,20,22H,5-7,12,15H2,1-4H3/t17-,20+,22-/m1/s1. The highest BCUT2D eigenvalue weighted by atomic mass is 15.3. The minimum Gasteiger partial charge on any atom is -0.299 e.